The largest absolute Gasteiger partial charge is 0.372 e. The van der Waals surface area contributed by atoms with Crippen molar-refractivity contribution >= 4 is 28.9 Å². The van der Waals surface area contributed by atoms with E-state index in [0.29, 0.717) is 10.6 Å². The minimum absolute atomic E-state index is 0.248. The van der Waals surface area contributed by atoms with Crippen LogP contribution >= 0.6 is 11.6 Å². The van der Waals surface area contributed by atoms with E-state index in [2.05, 4.69) is 39.7 Å². The van der Waals surface area contributed by atoms with Crippen LogP contribution < -0.4 is 10.3 Å². The van der Waals surface area contributed by atoms with Gasteiger partial charge in [0.15, 0.2) is 0 Å². The van der Waals surface area contributed by atoms with E-state index < -0.39 is 0 Å². The highest BCUT2D eigenvalue weighted by Gasteiger charge is 2.10. The molecule has 5 heteroatoms. The number of nitrogens with zero attached hydrogens (tertiary/aromatic N) is 2. The number of anilines is 1. The Balaban J connectivity index is 1.63. The number of benzene rings is 2. The molecule has 0 bridgehead atoms. The van der Waals surface area contributed by atoms with Gasteiger partial charge in [-0.25, -0.2) is 5.43 Å². The molecule has 26 heavy (non-hydrogen) atoms. The number of halogens is 1. The Kier molecular flexibility index (Phi) is 6.29. The molecule has 1 aliphatic rings. The minimum atomic E-state index is -0.248. The summed E-state index contributed by atoms with van der Waals surface area (Å²) in [5.74, 6) is -0.248. The van der Waals surface area contributed by atoms with Gasteiger partial charge in [0.25, 0.3) is 5.91 Å². The molecule has 136 valence electrons. The van der Waals surface area contributed by atoms with Gasteiger partial charge in [0, 0.05) is 29.4 Å². The summed E-state index contributed by atoms with van der Waals surface area (Å²) in [5.41, 5.74) is 6.16. The summed E-state index contributed by atoms with van der Waals surface area (Å²) in [7, 11) is 0. The third kappa shape index (κ3) is 4.85. The van der Waals surface area contributed by atoms with Crippen LogP contribution in [0.2, 0.25) is 5.02 Å². The first-order valence-corrected chi connectivity index (χ1v) is 9.47. The molecule has 2 aromatic carbocycles. The Bertz CT molecular complexity index is 761. The minimum Gasteiger partial charge on any atom is -0.372 e. The summed E-state index contributed by atoms with van der Waals surface area (Å²) in [6, 6.07) is 15.1. The summed E-state index contributed by atoms with van der Waals surface area (Å²) < 4.78 is 0. The van der Waals surface area contributed by atoms with Gasteiger partial charge in [-0.3, -0.25) is 4.79 Å². The maximum atomic E-state index is 12.1. The predicted octanol–water partition coefficient (Wildman–Crippen LogP) is 4.87. The normalized spacial score (nSPS) is 15.5. The predicted molar refractivity (Wildman–Crippen MR) is 108 cm³/mol. The average molecular weight is 370 g/mol. The molecule has 1 aliphatic heterocycles. The third-order valence-corrected chi connectivity index (χ3v) is 4.94. The van der Waals surface area contributed by atoms with Gasteiger partial charge in [-0.1, -0.05) is 36.6 Å². The van der Waals surface area contributed by atoms with E-state index in [-0.39, 0.29) is 5.91 Å². The first-order valence-electron chi connectivity index (χ1n) is 9.09. The monoisotopic (exact) mass is 369 g/mol. The number of hydrazone groups is 1. The molecule has 1 N–H and O–H groups in total. The Labute approximate surface area is 159 Å². The number of hydrogen-bond donors (Lipinski definition) is 1. The van der Waals surface area contributed by atoms with Crippen LogP contribution in [0, 0.1) is 0 Å². The van der Waals surface area contributed by atoms with Crippen molar-refractivity contribution < 1.29 is 4.79 Å². The van der Waals surface area contributed by atoms with Crippen LogP contribution in [0.3, 0.4) is 0 Å². The number of carbonyl (C=O) groups excluding carboxylic acids is 1. The van der Waals surface area contributed by atoms with Crippen molar-refractivity contribution in [2.45, 2.75) is 32.6 Å². The third-order valence-electron chi connectivity index (χ3n) is 4.69. The number of amides is 1. The van der Waals surface area contributed by atoms with Gasteiger partial charge in [-0.05, 0) is 61.7 Å². The summed E-state index contributed by atoms with van der Waals surface area (Å²) in [6.07, 6.45) is 5.18. The molecular weight excluding hydrogens is 346 g/mol. The lowest BCUT2D eigenvalue weighted by atomic mass is 10.1. The van der Waals surface area contributed by atoms with Gasteiger partial charge < -0.3 is 4.90 Å². The smallest absolute Gasteiger partial charge is 0.271 e. The number of hydrogen-bond acceptors (Lipinski definition) is 3. The second-order valence-electron chi connectivity index (χ2n) is 6.59. The van der Waals surface area contributed by atoms with E-state index in [9.17, 15) is 4.79 Å². The summed E-state index contributed by atoms with van der Waals surface area (Å²) in [4.78, 5) is 14.6. The van der Waals surface area contributed by atoms with Gasteiger partial charge in [-0.15, -0.1) is 0 Å². The zero-order valence-electron chi connectivity index (χ0n) is 15.0. The fourth-order valence-corrected chi connectivity index (χ4v) is 3.23. The molecule has 0 unspecified atom stereocenters. The number of rotatable bonds is 4. The second kappa shape index (κ2) is 8.86. The SMILES string of the molecule is CC(=NNC(=O)c1ccc(Cl)cc1)c1ccc(N2CCCCCC2)cc1. The molecule has 1 saturated heterocycles. The van der Waals surface area contributed by atoms with Gasteiger partial charge >= 0.3 is 0 Å². The maximum absolute atomic E-state index is 12.1. The Morgan fingerprint density at radius 3 is 2.12 bits per heavy atom. The van der Waals surface area contributed by atoms with Crippen LogP contribution in [-0.4, -0.2) is 24.7 Å². The molecule has 1 amide bonds. The summed E-state index contributed by atoms with van der Waals surface area (Å²) in [6.45, 7) is 4.15. The van der Waals surface area contributed by atoms with Crippen LogP contribution in [0.4, 0.5) is 5.69 Å². The molecule has 2 aromatic rings. The number of nitrogens with one attached hydrogen (secondary N) is 1. The van der Waals surface area contributed by atoms with E-state index in [4.69, 9.17) is 11.6 Å². The lowest BCUT2D eigenvalue weighted by molar-refractivity contribution is 0.0955. The first kappa shape index (κ1) is 18.5. The van der Waals surface area contributed by atoms with Gasteiger partial charge in [0.1, 0.15) is 0 Å². The molecule has 4 nitrogen and oxygen atoms in total. The van der Waals surface area contributed by atoms with Crippen molar-refractivity contribution in [1.29, 1.82) is 0 Å². The van der Waals surface area contributed by atoms with Crippen LogP contribution in [0.5, 0.6) is 0 Å². The maximum Gasteiger partial charge on any atom is 0.271 e. The highest BCUT2D eigenvalue weighted by Crippen LogP contribution is 2.20. The Morgan fingerprint density at radius 1 is 0.923 bits per heavy atom. The Hall–Kier alpha value is -2.33. The molecular formula is C21H24ClN3O. The molecule has 1 heterocycles. The van der Waals surface area contributed by atoms with Crippen LogP contribution in [-0.2, 0) is 0 Å². The quantitative estimate of drug-likeness (QED) is 0.617. The lowest BCUT2D eigenvalue weighted by Crippen LogP contribution is -2.23. The van der Waals surface area contributed by atoms with E-state index in [1.807, 2.05) is 6.92 Å². The van der Waals surface area contributed by atoms with E-state index >= 15 is 0 Å². The zero-order valence-corrected chi connectivity index (χ0v) is 15.8. The van der Waals surface area contributed by atoms with E-state index in [0.717, 1.165) is 24.4 Å². The number of carbonyl (C=O) groups is 1. The molecule has 1 fully saturated rings. The highest BCUT2D eigenvalue weighted by molar-refractivity contribution is 6.30. The average Bonchev–Trinajstić information content (AvgIpc) is 2.96. The molecule has 0 aliphatic carbocycles. The second-order valence-corrected chi connectivity index (χ2v) is 7.03. The van der Waals surface area contributed by atoms with Crippen molar-refractivity contribution in [2.75, 3.05) is 18.0 Å². The topological polar surface area (TPSA) is 44.7 Å². The molecule has 0 saturated carbocycles. The standard InChI is InChI=1S/C21H24ClN3O/c1-16(23-24-21(26)18-6-10-19(22)11-7-18)17-8-12-20(13-9-17)25-14-4-2-3-5-15-25/h6-13H,2-5,14-15H2,1H3,(H,24,26). The van der Waals surface area contributed by atoms with E-state index in [1.165, 1.54) is 31.4 Å². The summed E-state index contributed by atoms with van der Waals surface area (Å²) in [5, 5.41) is 4.82. The van der Waals surface area contributed by atoms with Crippen LogP contribution in [0.25, 0.3) is 0 Å². The molecule has 0 spiro atoms. The van der Waals surface area contributed by atoms with Crippen molar-refractivity contribution in [3.05, 3.63) is 64.7 Å². The fraction of sp³-hybridized carbons (Fsp3) is 0.333. The summed E-state index contributed by atoms with van der Waals surface area (Å²) >= 11 is 5.84. The molecule has 0 aromatic heterocycles. The molecule has 3 rings (SSSR count). The van der Waals surface area contributed by atoms with Crippen molar-refractivity contribution in [3.8, 4) is 0 Å². The van der Waals surface area contributed by atoms with Gasteiger partial charge in [-0.2, -0.15) is 5.10 Å². The zero-order chi connectivity index (χ0) is 18.4. The first-order chi connectivity index (χ1) is 12.6. The van der Waals surface area contributed by atoms with E-state index in [1.54, 1.807) is 24.3 Å². The molecule has 0 atom stereocenters. The van der Waals surface area contributed by atoms with Gasteiger partial charge in [0.2, 0.25) is 0 Å². The van der Waals surface area contributed by atoms with Crippen molar-refractivity contribution in [2.24, 2.45) is 5.10 Å². The van der Waals surface area contributed by atoms with Gasteiger partial charge in [0.05, 0.1) is 5.71 Å². The fourth-order valence-electron chi connectivity index (χ4n) is 3.11. The van der Waals surface area contributed by atoms with Crippen molar-refractivity contribution in [1.82, 2.24) is 5.43 Å². The molecule has 0 radical (unpaired) electrons. The lowest BCUT2D eigenvalue weighted by Gasteiger charge is -2.22. The van der Waals surface area contributed by atoms with Crippen LogP contribution in [0.15, 0.2) is 53.6 Å². The Morgan fingerprint density at radius 2 is 1.50 bits per heavy atom. The highest BCUT2D eigenvalue weighted by atomic mass is 35.5. The van der Waals surface area contributed by atoms with Crippen molar-refractivity contribution in [3.63, 3.8) is 0 Å². The van der Waals surface area contributed by atoms with Crippen LogP contribution in [0.1, 0.15) is 48.5 Å².